The number of carbonyl (C=O) groups is 2. The molecule has 1 aliphatic rings. The number of primary amides is 1. The van der Waals surface area contributed by atoms with Crippen molar-refractivity contribution in [2.24, 2.45) is 5.73 Å². The van der Waals surface area contributed by atoms with E-state index < -0.39 is 18.0 Å². The van der Waals surface area contributed by atoms with Crippen molar-refractivity contribution in [3.8, 4) is 0 Å². The molecule has 2 unspecified atom stereocenters. The monoisotopic (exact) mass is 340 g/mol. The smallest absolute Gasteiger partial charge is 0.237 e. The predicted molar refractivity (Wildman–Crippen MR) is 78.4 cm³/mol. The van der Waals surface area contributed by atoms with Gasteiger partial charge in [0.1, 0.15) is 6.04 Å². The first-order chi connectivity index (χ1) is 9.50. The van der Waals surface area contributed by atoms with E-state index in [0.717, 1.165) is 4.47 Å². The molecule has 0 aliphatic carbocycles. The Labute approximate surface area is 126 Å². The van der Waals surface area contributed by atoms with Crippen LogP contribution in [-0.2, 0) is 9.53 Å². The predicted octanol–water partition coefficient (Wildman–Crippen LogP) is 1.21. The number of nitrogens with two attached hydrogens (primary N) is 1. The molecule has 0 bridgehead atoms. The fourth-order valence-electron chi connectivity index (χ4n) is 2.33. The Balaban J connectivity index is 2.16. The number of benzene rings is 1. The van der Waals surface area contributed by atoms with Gasteiger partial charge < -0.3 is 10.5 Å². The summed E-state index contributed by atoms with van der Waals surface area (Å²) >= 11 is 3.34. The van der Waals surface area contributed by atoms with Crippen LogP contribution in [0.1, 0.15) is 17.3 Å². The SMILES string of the molecule is CC(C(=O)c1ccc(Br)cc1)N1CCOCC1C(N)=O. The molecule has 1 heterocycles. The minimum absolute atomic E-state index is 0.0225. The Morgan fingerprint density at radius 3 is 2.65 bits per heavy atom. The van der Waals surface area contributed by atoms with E-state index in [1.54, 1.807) is 19.1 Å². The molecule has 1 amide bonds. The normalized spacial score (nSPS) is 21.4. The summed E-state index contributed by atoms with van der Waals surface area (Å²) in [5.74, 6) is -0.481. The average Bonchev–Trinajstić information content (AvgIpc) is 2.46. The van der Waals surface area contributed by atoms with Gasteiger partial charge in [0, 0.05) is 16.6 Å². The van der Waals surface area contributed by atoms with Gasteiger partial charge in [-0.3, -0.25) is 14.5 Å². The van der Waals surface area contributed by atoms with Crippen molar-refractivity contribution in [3.63, 3.8) is 0 Å². The highest BCUT2D eigenvalue weighted by atomic mass is 79.9. The lowest BCUT2D eigenvalue weighted by molar-refractivity contribution is -0.130. The third-order valence-electron chi connectivity index (χ3n) is 3.50. The van der Waals surface area contributed by atoms with Gasteiger partial charge in [-0.1, -0.05) is 28.1 Å². The number of hydrogen-bond acceptors (Lipinski definition) is 4. The zero-order chi connectivity index (χ0) is 14.7. The molecule has 0 spiro atoms. The molecule has 2 N–H and O–H groups in total. The van der Waals surface area contributed by atoms with Gasteiger partial charge in [0.2, 0.25) is 5.91 Å². The molecule has 0 aromatic heterocycles. The molecule has 1 fully saturated rings. The summed E-state index contributed by atoms with van der Waals surface area (Å²) in [5.41, 5.74) is 6.00. The fourth-order valence-corrected chi connectivity index (χ4v) is 2.60. The summed E-state index contributed by atoms with van der Waals surface area (Å²) in [6.45, 7) is 3.07. The van der Waals surface area contributed by atoms with E-state index in [2.05, 4.69) is 15.9 Å². The Morgan fingerprint density at radius 2 is 2.05 bits per heavy atom. The number of halogens is 1. The van der Waals surface area contributed by atoms with Gasteiger partial charge in [-0.05, 0) is 19.1 Å². The zero-order valence-electron chi connectivity index (χ0n) is 11.2. The number of rotatable bonds is 4. The van der Waals surface area contributed by atoms with E-state index in [1.165, 1.54) is 0 Å². The van der Waals surface area contributed by atoms with Crippen molar-refractivity contribution in [1.82, 2.24) is 4.90 Å². The molecule has 5 nitrogen and oxygen atoms in total. The van der Waals surface area contributed by atoms with Crippen LogP contribution < -0.4 is 5.73 Å². The second kappa shape index (κ2) is 6.47. The number of morpholine rings is 1. The third-order valence-corrected chi connectivity index (χ3v) is 4.03. The Hall–Kier alpha value is -1.24. The lowest BCUT2D eigenvalue weighted by Crippen LogP contribution is -2.57. The van der Waals surface area contributed by atoms with Gasteiger partial charge >= 0.3 is 0 Å². The van der Waals surface area contributed by atoms with Crippen LogP contribution in [0.25, 0.3) is 0 Å². The number of ketones is 1. The van der Waals surface area contributed by atoms with Crippen molar-refractivity contribution in [1.29, 1.82) is 0 Å². The zero-order valence-corrected chi connectivity index (χ0v) is 12.8. The molecule has 6 heteroatoms. The van der Waals surface area contributed by atoms with Crippen LogP contribution in [0.15, 0.2) is 28.7 Å². The van der Waals surface area contributed by atoms with E-state index in [1.807, 2.05) is 17.0 Å². The van der Waals surface area contributed by atoms with Crippen LogP contribution in [-0.4, -0.2) is 48.4 Å². The van der Waals surface area contributed by atoms with Gasteiger partial charge in [-0.2, -0.15) is 0 Å². The lowest BCUT2D eigenvalue weighted by atomic mass is 10.0. The Kier molecular flexibility index (Phi) is 4.91. The summed E-state index contributed by atoms with van der Waals surface area (Å²) < 4.78 is 6.18. The van der Waals surface area contributed by atoms with Gasteiger partial charge in [0.15, 0.2) is 5.78 Å². The topological polar surface area (TPSA) is 72.6 Å². The summed E-state index contributed by atoms with van der Waals surface area (Å²) in [6, 6.07) is 6.23. The first-order valence-corrected chi connectivity index (χ1v) is 7.22. The van der Waals surface area contributed by atoms with Crippen LogP contribution in [0.3, 0.4) is 0 Å². The van der Waals surface area contributed by atoms with Gasteiger partial charge in [0.25, 0.3) is 0 Å². The molecular formula is C14H17BrN2O3. The van der Waals surface area contributed by atoms with Crippen molar-refractivity contribution >= 4 is 27.6 Å². The van der Waals surface area contributed by atoms with Crippen LogP contribution in [0, 0.1) is 0 Å². The number of hydrogen-bond donors (Lipinski definition) is 1. The maximum absolute atomic E-state index is 12.5. The van der Waals surface area contributed by atoms with Crippen LogP contribution in [0.4, 0.5) is 0 Å². The van der Waals surface area contributed by atoms with E-state index in [9.17, 15) is 9.59 Å². The standard InChI is InChI=1S/C14H17BrN2O3/c1-9(13(18)10-2-4-11(15)5-3-10)17-6-7-20-8-12(17)14(16)19/h2-5,9,12H,6-8H2,1H3,(H2,16,19). The first-order valence-electron chi connectivity index (χ1n) is 6.43. The molecule has 1 saturated heterocycles. The minimum atomic E-state index is -0.543. The van der Waals surface area contributed by atoms with Crippen molar-refractivity contribution < 1.29 is 14.3 Å². The largest absolute Gasteiger partial charge is 0.378 e. The van der Waals surface area contributed by atoms with Gasteiger partial charge in [0.05, 0.1) is 19.3 Å². The molecule has 1 aromatic rings. The van der Waals surface area contributed by atoms with Crippen molar-refractivity contribution in [3.05, 3.63) is 34.3 Å². The number of nitrogens with zero attached hydrogens (tertiary/aromatic N) is 1. The molecule has 0 radical (unpaired) electrons. The molecule has 1 aliphatic heterocycles. The van der Waals surface area contributed by atoms with Gasteiger partial charge in [-0.15, -0.1) is 0 Å². The Morgan fingerprint density at radius 1 is 1.40 bits per heavy atom. The van der Waals surface area contributed by atoms with Crippen molar-refractivity contribution in [2.75, 3.05) is 19.8 Å². The van der Waals surface area contributed by atoms with Crippen LogP contribution in [0.5, 0.6) is 0 Å². The minimum Gasteiger partial charge on any atom is -0.378 e. The highest BCUT2D eigenvalue weighted by Gasteiger charge is 2.34. The third kappa shape index (κ3) is 3.26. The molecule has 20 heavy (non-hydrogen) atoms. The van der Waals surface area contributed by atoms with E-state index in [-0.39, 0.29) is 12.4 Å². The summed E-state index contributed by atoms with van der Waals surface area (Å²) in [7, 11) is 0. The second-order valence-electron chi connectivity index (χ2n) is 4.78. The van der Waals surface area contributed by atoms with E-state index >= 15 is 0 Å². The van der Waals surface area contributed by atoms with E-state index in [0.29, 0.717) is 18.7 Å². The molecule has 1 aromatic carbocycles. The second-order valence-corrected chi connectivity index (χ2v) is 5.69. The van der Waals surface area contributed by atoms with E-state index in [4.69, 9.17) is 10.5 Å². The summed E-state index contributed by atoms with van der Waals surface area (Å²) in [5, 5.41) is 0. The van der Waals surface area contributed by atoms with Gasteiger partial charge in [-0.25, -0.2) is 0 Å². The highest BCUT2D eigenvalue weighted by Crippen LogP contribution is 2.17. The quantitative estimate of drug-likeness (QED) is 0.836. The average molecular weight is 341 g/mol. The summed E-state index contributed by atoms with van der Waals surface area (Å²) in [6.07, 6.45) is 0. The number of Topliss-reactive ketones (excluding diaryl/α,β-unsaturated/α-hetero) is 1. The number of ether oxygens (including phenoxy) is 1. The molecule has 2 rings (SSSR count). The van der Waals surface area contributed by atoms with Crippen LogP contribution >= 0.6 is 15.9 Å². The Bertz CT molecular complexity index is 504. The van der Waals surface area contributed by atoms with Crippen molar-refractivity contribution in [2.45, 2.75) is 19.0 Å². The maximum Gasteiger partial charge on any atom is 0.237 e. The first kappa shape index (κ1) is 15.2. The molecule has 0 saturated carbocycles. The molecular weight excluding hydrogens is 324 g/mol. The molecule has 108 valence electrons. The highest BCUT2D eigenvalue weighted by molar-refractivity contribution is 9.10. The number of amides is 1. The molecule has 2 atom stereocenters. The summed E-state index contributed by atoms with van der Waals surface area (Å²) in [4.78, 5) is 25.7. The maximum atomic E-state index is 12.5. The fraction of sp³-hybridized carbons (Fsp3) is 0.429. The van der Waals surface area contributed by atoms with Crippen LogP contribution in [0.2, 0.25) is 0 Å². The number of carbonyl (C=O) groups excluding carboxylic acids is 2. The lowest BCUT2D eigenvalue weighted by Gasteiger charge is -2.37.